The number of nitrogens with zero attached hydrogens (tertiary/aromatic N) is 3. The van der Waals surface area contributed by atoms with E-state index in [9.17, 15) is 26.4 Å². The van der Waals surface area contributed by atoms with Crippen LogP contribution in [0.25, 0.3) is 0 Å². The molecule has 2 aliphatic heterocycles. The lowest BCUT2D eigenvalue weighted by molar-refractivity contribution is -0.138. The summed E-state index contributed by atoms with van der Waals surface area (Å²) < 4.78 is 67.2. The van der Waals surface area contributed by atoms with Crippen LogP contribution < -0.4 is 0 Å². The van der Waals surface area contributed by atoms with Crippen molar-refractivity contribution in [3.05, 3.63) is 52.3 Å². The van der Waals surface area contributed by atoms with E-state index in [2.05, 4.69) is 10.2 Å². The number of halogens is 3. The van der Waals surface area contributed by atoms with E-state index in [0.29, 0.717) is 50.9 Å². The van der Waals surface area contributed by atoms with Gasteiger partial charge in [-0.1, -0.05) is 18.2 Å². The monoisotopic (exact) mass is 498 g/mol. The largest absolute Gasteiger partial charge is 0.416 e. The molecular weight excluding hydrogens is 469 g/mol. The first-order valence-electron chi connectivity index (χ1n) is 11.5. The summed E-state index contributed by atoms with van der Waals surface area (Å²) in [6, 6.07) is 5.61. The maximum atomic E-state index is 13.4. The zero-order valence-electron chi connectivity index (χ0n) is 19.2. The molecule has 0 spiro atoms. The number of piperidine rings is 1. The van der Waals surface area contributed by atoms with Crippen LogP contribution in [0.3, 0.4) is 0 Å². The smallest absolute Gasteiger partial charge is 0.337 e. The van der Waals surface area contributed by atoms with Crippen molar-refractivity contribution in [1.82, 2.24) is 19.4 Å². The van der Waals surface area contributed by atoms with Gasteiger partial charge in [-0.15, -0.1) is 0 Å². The molecule has 0 aliphatic carbocycles. The number of alkyl halides is 3. The molecule has 11 heteroatoms. The minimum absolute atomic E-state index is 0.0862. The average Bonchev–Trinajstić information content (AvgIpc) is 3.07. The number of likely N-dealkylation sites (tertiary alicyclic amines) is 1. The highest BCUT2D eigenvalue weighted by Crippen LogP contribution is 2.39. The molecule has 1 aromatic carbocycles. The molecule has 3 heterocycles. The molecule has 0 radical (unpaired) electrons. The zero-order chi connectivity index (χ0) is 24.7. The van der Waals surface area contributed by atoms with Crippen molar-refractivity contribution in [2.75, 3.05) is 19.6 Å². The highest BCUT2D eigenvalue weighted by Gasteiger charge is 2.37. The lowest BCUT2D eigenvalue weighted by Crippen LogP contribution is -2.39. The Morgan fingerprint density at radius 1 is 1.15 bits per heavy atom. The van der Waals surface area contributed by atoms with Crippen LogP contribution in [0.1, 0.15) is 71.9 Å². The summed E-state index contributed by atoms with van der Waals surface area (Å²) in [6.45, 7) is 4.34. The summed E-state index contributed by atoms with van der Waals surface area (Å²) in [6.07, 6.45) is -2.37. The van der Waals surface area contributed by atoms with Gasteiger partial charge in [0.25, 0.3) is 5.91 Å². The zero-order valence-corrected chi connectivity index (χ0v) is 20.0. The molecule has 0 unspecified atom stereocenters. The van der Waals surface area contributed by atoms with Crippen LogP contribution in [0, 0.1) is 0 Å². The second-order valence-corrected chi connectivity index (χ2v) is 11.7. The number of benzene rings is 1. The minimum atomic E-state index is -4.42. The van der Waals surface area contributed by atoms with Crippen molar-refractivity contribution in [3.63, 3.8) is 0 Å². The number of fused-ring (bicyclic) bond motifs is 1. The number of nitrogens with one attached hydrogen (secondary N) is 1. The van der Waals surface area contributed by atoms with Crippen molar-refractivity contribution in [2.24, 2.45) is 0 Å². The standard InChI is InChI=1S/C23H29F3N4O3S/c1-15(2)34(32,33)30-11-5-8-20-18(14-30)21(28-27-20)22(31)29-12-9-16(10-13-29)17-6-3-4-7-19(17)23(24,25)26/h3-4,6-7,15-16H,5,8-14H2,1-2H3,(H,27,28). The van der Waals surface area contributed by atoms with Crippen LogP contribution in [-0.2, 0) is 29.2 Å². The second kappa shape index (κ2) is 9.33. The van der Waals surface area contributed by atoms with E-state index in [1.165, 1.54) is 16.4 Å². The van der Waals surface area contributed by atoms with E-state index < -0.39 is 27.0 Å². The molecule has 186 valence electrons. The molecule has 2 aliphatic rings. The van der Waals surface area contributed by atoms with E-state index in [1.807, 2.05) is 0 Å². The van der Waals surface area contributed by atoms with Crippen molar-refractivity contribution >= 4 is 15.9 Å². The third kappa shape index (κ3) is 4.72. The van der Waals surface area contributed by atoms with Crippen molar-refractivity contribution in [1.29, 1.82) is 0 Å². The molecule has 0 saturated carbocycles. The summed E-state index contributed by atoms with van der Waals surface area (Å²) in [4.78, 5) is 14.9. The van der Waals surface area contributed by atoms with E-state index >= 15 is 0 Å². The predicted octanol–water partition coefficient (Wildman–Crippen LogP) is 3.93. The number of rotatable bonds is 4. The number of aryl methyl sites for hydroxylation is 1. The first-order chi connectivity index (χ1) is 16.0. The third-order valence-electron chi connectivity index (χ3n) is 6.77. The van der Waals surface area contributed by atoms with Gasteiger partial charge in [0.15, 0.2) is 5.69 Å². The molecule has 0 bridgehead atoms. The molecular formula is C23H29F3N4O3S. The lowest BCUT2D eigenvalue weighted by atomic mass is 9.86. The lowest BCUT2D eigenvalue weighted by Gasteiger charge is -2.33. The Balaban J connectivity index is 1.50. The van der Waals surface area contributed by atoms with Gasteiger partial charge < -0.3 is 4.90 Å². The van der Waals surface area contributed by atoms with Crippen LogP contribution in [0.2, 0.25) is 0 Å². The molecule has 0 atom stereocenters. The molecule has 2 aromatic rings. The molecule has 34 heavy (non-hydrogen) atoms. The van der Waals surface area contributed by atoms with Gasteiger partial charge in [0.05, 0.1) is 10.8 Å². The fraction of sp³-hybridized carbons (Fsp3) is 0.565. The number of sulfonamides is 1. The van der Waals surface area contributed by atoms with Crippen LogP contribution in [0.4, 0.5) is 13.2 Å². The fourth-order valence-electron chi connectivity index (χ4n) is 4.81. The van der Waals surface area contributed by atoms with Crippen LogP contribution in [0.5, 0.6) is 0 Å². The number of amides is 1. The van der Waals surface area contributed by atoms with E-state index in [0.717, 1.165) is 11.8 Å². The van der Waals surface area contributed by atoms with Crippen molar-refractivity contribution < 1.29 is 26.4 Å². The Morgan fingerprint density at radius 2 is 1.82 bits per heavy atom. The Bertz CT molecular complexity index is 1150. The molecule has 1 saturated heterocycles. The number of H-pyrrole nitrogens is 1. The van der Waals surface area contributed by atoms with Gasteiger partial charge in [-0.2, -0.15) is 22.6 Å². The average molecular weight is 499 g/mol. The summed E-state index contributed by atoms with van der Waals surface area (Å²) in [5.41, 5.74) is 1.21. The predicted molar refractivity (Wildman–Crippen MR) is 121 cm³/mol. The van der Waals surface area contributed by atoms with Crippen molar-refractivity contribution in [2.45, 2.75) is 63.4 Å². The third-order valence-corrected chi connectivity index (χ3v) is 8.99. The van der Waals surface area contributed by atoms with Crippen LogP contribution in [-0.4, -0.2) is 58.6 Å². The topological polar surface area (TPSA) is 86.4 Å². The quantitative estimate of drug-likeness (QED) is 0.692. The Labute approximate surface area is 197 Å². The van der Waals surface area contributed by atoms with Gasteiger partial charge in [-0.25, -0.2) is 8.42 Å². The first kappa shape index (κ1) is 24.7. The van der Waals surface area contributed by atoms with E-state index in [1.54, 1.807) is 24.8 Å². The van der Waals surface area contributed by atoms with Crippen LogP contribution >= 0.6 is 0 Å². The normalized spacial score (nSPS) is 18.7. The Kier molecular flexibility index (Phi) is 6.78. The molecule has 1 amide bonds. The summed E-state index contributed by atoms with van der Waals surface area (Å²) in [7, 11) is -3.49. The number of aromatic amines is 1. The second-order valence-electron chi connectivity index (χ2n) is 9.21. The van der Waals surface area contributed by atoms with Gasteiger partial charge in [0, 0.05) is 37.4 Å². The number of hydrogen-bond acceptors (Lipinski definition) is 4. The van der Waals surface area contributed by atoms with Gasteiger partial charge in [0.1, 0.15) is 0 Å². The van der Waals surface area contributed by atoms with Gasteiger partial charge in [-0.3, -0.25) is 9.89 Å². The Hall–Kier alpha value is -2.40. The highest BCUT2D eigenvalue weighted by molar-refractivity contribution is 7.89. The molecule has 1 N–H and O–H groups in total. The number of carbonyl (C=O) groups excluding carboxylic acids is 1. The molecule has 4 rings (SSSR count). The summed E-state index contributed by atoms with van der Waals surface area (Å²) >= 11 is 0. The molecule has 1 aromatic heterocycles. The number of hydrogen-bond donors (Lipinski definition) is 1. The summed E-state index contributed by atoms with van der Waals surface area (Å²) in [5, 5.41) is 6.54. The maximum absolute atomic E-state index is 13.4. The fourth-order valence-corrected chi connectivity index (χ4v) is 6.10. The first-order valence-corrected chi connectivity index (χ1v) is 13.0. The number of aromatic nitrogens is 2. The highest BCUT2D eigenvalue weighted by atomic mass is 32.2. The van der Waals surface area contributed by atoms with Crippen LogP contribution in [0.15, 0.2) is 24.3 Å². The maximum Gasteiger partial charge on any atom is 0.416 e. The summed E-state index contributed by atoms with van der Waals surface area (Å²) in [5.74, 6) is -0.603. The van der Waals surface area contributed by atoms with E-state index in [-0.39, 0.29) is 29.6 Å². The minimum Gasteiger partial charge on any atom is -0.337 e. The van der Waals surface area contributed by atoms with Gasteiger partial charge in [-0.05, 0) is 57.1 Å². The number of carbonyl (C=O) groups is 1. The molecule has 1 fully saturated rings. The van der Waals surface area contributed by atoms with Gasteiger partial charge >= 0.3 is 6.18 Å². The molecule has 7 nitrogen and oxygen atoms in total. The van der Waals surface area contributed by atoms with E-state index in [4.69, 9.17) is 0 Å². The van der Waals surface area contributed by atoms with Gasteiger partial charge in [0.2, 0.25) is 10.0 Å². The Morgan fingerprint density at radius 3 is 2.47 bits per heavy atom. The van der Waals surface area contributed by atoms with Crippen molar-refractivity contribution in [3.8, 4) is 0 Å². The SMILES string of the molecule is CC(C)S(=O)(=O)N1CCCc2[nH]nc(C(=O)N3CCC(c4ccccc4C(F)(F)F)CC3)c2C1.